The lowest BCUT2D eigenvalue weighted by Crippen LogP contribution is -2.43. The number of nitrogens with one attached hydrogen (secondary N) is 1. The van der Waals surface area contributed by atoms with Crippen molar-refractivity contribution in [2.75, 3.05) is 6.54 Å². The Morgan fingerprint density at radius 3 is 2.67 bits per heavy atom. The van der Waals surface area contributed by atoms with Crippen LogP contribution >= 0.6 is 0 Å². The first-order valence-electron chi connectivity index (χ1n) is 5.11. The standard InChI is InChI=1S/C11H18N2O2/c1-7(2)10(6-12)13-11(14)9-4-5-15-8(9)3/h4-5,7,10H,6,12H2,1-3H3,(H,13,14). The molecular weight excluding hydrogens is 192 g/mol. The van der Waals surface area contributed by atoms with E-state index < -0.39 is 0 Å². The molecule has 15 heavy (non-hydrogen) atoms. The third-order valence-corrected chi connectivity index (χ3v) is 2.48. The Kier molecular flexibility index (Phi) is 3.91. The predicted octanol–water partition coefficient (Wildman–Crippen LogP) is 1.30. The van der Waals surface area contributed by atoms with Crippen LogP contribution in [0.3, 0.4) is 0 Å². The average Bonchev–Trinajstić information content (AvgIpc) is 2.60. The zero-order chi connectivity index (χ0) is 11.4. The smallest absolute Gasteiger partial charge is 0.255 e. The minimum Gasteiger partial charge on any atom is -0.469 e. The molecule has 0 fully saturated rings. The molecule has 4 nitrogen and oxygen atoms in total. The summed E-state index contributed by atoms with van der Waals surface area (Å²) < 4.78 is 5.07. The fourth-order valence-electron chi connectivity index (χ4n) is 1.36. The Morgan fingerprint density at radius 1 is 1.60 bits per heavy atom. The molecular formula is C11H18N2O2. The highest BCUT2D eigenvalue weighted by Gasteiger charge is 2.17. The fraction of sp³-hybridized carbons (Fsp3) is 0.545. The summed E-state index contributed by atoms with van der Waals surface area (Å²) in [4.78, 5) is 11.8. The van der Waals surface area contributed by atoms with Gasteiger partial charge >= 0.3 is 0 Å². The molecule has 1 atom stereocenters. The van der Waals surface area contributed by atoms with E-state index in [2.05, 4.69) is 5.32 Å². The molecule has 1 unspecified atom stereocenters. The number of hydrogen-bond donors (Lipinski definition) is 2. The number of rotatable bonds is 4. The zero-order valence-corrected chi connectivity index (χ0v) is 9.41. The van der Waals surface area contributed by atoms with Gasteiger partial charge < -0.3 is 15.5 Å². The first-order chi connectivity index (χ1) is 7.06. The van der Waals surface area contributed by atoms with E-state index in [1.165, 1.54) is 6.26 Å². The second-order valence-electron chi connectivity index (χ2n) is 3.95. The summed E-state index contributed by atoms with van der Waals surface area (Å²) >= 11 is 0. The maximum Gasteiger partial charge on any atom is 0.255 e. The molecule has 1 heterocycles. The number of nitrogens with two attached hydrogens (primary N) is 1. The number of carbonyl (C=O) groups excluding carboxylic acids is 1. The SMILES string of the molecule is Cc1occc1C(=O)NC(CN)C(C)C. The van der Waals surface area contributed by atoms with Crippen molar-refractivity contribution < 1.29 is 9.21 Å². The van der Waals surface area contributed by atoms with Gasteiger partial charge in [-0.2, -0.15) is 0 Å². The maximum absolute atomic E-state index is 11.8. The number of hydrogen-bond acceptors (Lipinski definition) is 3. The highest BCUT2D eigenvalue weighted by Crippen LogP contribution is 2.09. The highest BCUT2D eigenvalue weighted by molar-refractivity contribution is 5.95. The molecule has 0 aromatic carbocycles. The summed E-state index contributed by atoms with van der Waals surface area (Å²) in [5.41, 5.74) is 6.15. The van der Waals surface area contributed by atoms with Gasteiger partial charge in [0.05, 0.1) is 11.8 Å². The first kappa shape index (κ1) is 11.8. The molecule has 1 amide bonds. The van der Waals surface area contributed by atoms with Crippen LogP contribution in [0.2, 0.25) is 0 Å². The molecule has 4 heteroatoms. The summed E-state index contributed by atoms with van der Waals surface area (Å²) in [7, 11) is 0. The van der Waals surface area contributed by atoms with Gasteiger partial charge in [0.15, 0.2) is 0 Å². The number of furan rings is 1. The van der Waals surface area contributed by atoms with Crippen LogP contribution in [0.4, 0.5) is 0 Å². The minimum atomic E-state index is -0.120. The minimum absolute atomic E-state index is 0.00630. The molecule has 0 bridgehead atoms. The Hall–Kier alpha value is -1.29. The van der Waals surface area contributed by atoms with E-state index in [4.69, 9.17) is 10.2 Å². The van der Waals surface area contributed by atoms with Crippen molar-refractivity contribution in [2.24, 2.45) is 11.7 Å². The van der Waals surface area contributed by atoms with Gasteiger partial charge in [0.2, 0.25) is 0 Å². The molecule has 0 saturated heterocycles. The van der Waals surface area contributed by atoms with Gasteiger partial charge in [-0.3, -0.25) is 4.79 Å². The molecule has 1 rings (SSSR count). The van der Waals surface area contributed by atoms with Crippen molar-refractivity contribution in [3.8, 4) is 0 Å². The number of carbonyl (C=O) groups is 1. The molecule has 0 aliphatic rings. The van der Waals surface area contributed by atoms with Gasteiger partial charge in [-0.25, -0.2) is 0 Å². The van der Waals surface area contributed by atoms with Gasteiger partial charge in [0.1, 0.15) is 5.76 Å². The maximum atomic E-state index is 11.8. The molecule has 0 aliphatic heterocycles. The van der Waals surface area contributed by atoms with Gasteiger partial charge in [0, 0.05) is 12.6 Å². The van der Waals surface area contributed by atoms with Crippen LogP contribution in [0, 0.1) is 12.8 Å². The topological polar surface area (TPSA) is 68.3 Å². The zero-order valence-electron chi connectivity index (χ0n) is 9.41. The summed E-state index contributed by atoms with van der Waals surface area (Å²) in [6.45, 7) is 6.27. The van der Waals surface area contributed by atoms with Crippen LogP contribution in [0.5, 0.6) is 0 Å². The molecule has 84 valence electrons. The van der Waals surface area contributed by atoms with E-state index in [0.29, 0.717) is 23.8 Å². The van der Waals surface area contributed by atoms with E-state index >= 15 is 0 Å². The Balaban J connectivity index is 2.67. The molecule has 3 N–H and O–H groups in total. The van der Waals surface area contributed by atoms with Crippen molar-refractivity contribution in [3.05, 3.63) is 23.7 Å². The molecule has 1 aromatic rings. The van der Waals surface area contributed by atoms with Crippen LogP contribution in [0.1, 0.15) is 30.0 Å². The van der Waals surface area contributed by atoms with Crippen LogP contribution in [0.25, 0.3) is 0 Å². The molecule has 0 spiro atoms. The summed E-state index contributed by atoms with van der Waals surface area (Å²) in [6.07, 6.45) is 1.51. The largest absolute Gasteiger partial charge is 0.469 e. The van der Waals surface area contributed by atoms with Crippen molar-refractivity contribution in [3.63, 3.8) is 0 Å². The van der Waals surface area contributed by atoms with Gasteiger partial charge in [-0.05, 0) is 18.9 Å². The van der Waals surface area contributed by atoms with Crippen molar-refractivity contribution in [1.82, 2.24) is 5.32 Å². The summed E-state index contributed by atoms with van der Waals surface area (Å²) in [6, 6.07) is 1.67. The Labute approximate surface area is 89.8 Å². The van der Waals surface area contributed by atoms with Crippen LogP contribution in [0.15, 0.2) is 16.7 Å². The summed E-state index contributed by atoms with van der Waals surface area (Å²) in [5, 5.41) is 2.89. The second-order valence-corrected chi connectivity index (χ2v) is 3.95. The van der Waals surface area contributed by atoms with E-state index in [9.17, 15) is 4.79 Å². The summed E-state index contributed by atoms with van der Waals surface area (Å²) in [5.74, 6) is 0.837. The normalized spacial score (nSPS) is 12.9. The van der Waals surface area contributed by atoms with Crippen molar-refractivity contribution in [2.45, 2.75) is 26.8 Å². The van der Waals surface area contributed by atoms with E-state index in [1.54, 1.807) is 13.0 Å². The van der Waals surface area contributed by atoms with Crippen LogP contribution in [-0.4, -0.2) is 18.5 Å². The van der Waals surface area contributed by atoms with E-state index in [-0.39, 0.29) is 11.9 Å². The molecule has 0 radical (unpaired) electrons. The quantitative estimate of drug-likeness (QED) is 0.787. The third kappa shape index (κ3) is 2.83. The fourth-order valence-corrected chi connectivity index (χ4v) is 1.36. The average molecular weight is 210 g/mol. The highest BCUT2D eigenvalue weighted by atomic mass is 16.3. The predicted molar refractivity (Wildman–Crippen MR) is 58.6 cm³/mol. The van der Waals surface area contributed by atoms with Gasteiger partial charge in [-0.15, -0.1) is 0 Å². The van der Waals surface area contributed by atoms with E-state index in [0.717, 1.165) is 0 Å². The Bertz CT molecular complexity index is 331. The monoisotopic (exact) mass is 210 g/mol. The van der Waals surface area contributed by atoms with Gasteiger partial charge in [-0.1, -0.05) is 13.8 Å². The van der Waals surface area contributed by atoms with Crippen molar-refractivity contribution >= 4 is 5.91 Å². The lowest BCUT2D eigenvalue weighted by molar-refractivity contribution is 0.0926. The third-order valence-electron chi connectivity index (χ3n) is 2.48. The van der Waals surface area contributed by atoms with Crippen molar-refractivity contribution in [1.29, 1.82) is 0 Å². The number of amides is 1. The lowest BCUT2D eigenvalue weighted by Gasteiger charge is -2.20. The molecule has 1 aromatic heterocycles. The van der Waals surface area contributed by atoms with E-state index in [1.807, 2.05) is 13.8 Å². The molecule has 0 saturated carbocycles. The van der Waals surface area contributed by atoms with Gasteiger partial charge in [0.25, 0.3) is 5.91 Å². The lowest BCUT2D eigenvalue weighted by atomic mass is 10.0. The second kappa shape index (κ2) is 4.98. The first-order valence-corrected chi connectivity index (χ1v) is 5.11. The number of aryl methyl sites for hydroxylation is 1. The molecule has 0 aliphatic carbocycles. The van der Waals surface area contributed by atoms with Crippen LogP contribution in [-0.2, 0) is 0 Å². The Morgan fingerprint density at radius 2 is 2.27 bits per heavy atom. The van der Waals surface area contributed by atoms with Crippen LogP contribution < -0.4 is 11.1 Å².